The number of ether oxygens (including phenoxy) is 1. The number of rotatable bonds is 4. The number of esters is 1. The molecule has 27 heavy (non-hydrogen) atoms. The van der Waals surface area contributed by atoms with Crippen LogP contribution in [0.25, 0.3) is 0 Å². The number of allylic oxidation sites excluding steroid dienone is 1. The predicted molar refractivity (Wildman–Crippen MR) is 98.2 cm³/mol. The fourth-order valence-electron chi connectivity index (χ4n) is 7.77. The van der Waals surface area contributed by atoms with Crippen molar-refractivity contribution in [3.05, 3.63) is 11.6 Å². The molecule has 0 aromatic rings. The molecule has 5 heteroatoms. The smallest absolute Gasteiger partial charge is 0.316 e. The zero-order chi connectivity index (χ0) is 19.8. The average Bonchev–Trinajstić information content (AvgIpc) is 3.17. The van der Waals surface area contributed by atoms with Gasteiger partial charge >= 0.3 is 11.9 Å². The topological polar surface area (TPSA) is 87.4 Å². The van der Waals surface area contributed by atoms with Gasteiger partial charge in [0.2, 0.25) is 0 Å². The molecule has 0 aliphatic heterocycles. The molecule has 0 radical (unpaired) electrons. The van der Waals surface area contributed by atoms with E-state index in [2.05, 4.69) is 19.1 Å². The fourth-order valence-corrected chi connectivity index (χ4v) is 7.77. The third-order valence-corrected chi connectivity index (χ3v) is 8.57. The zero-order valence-electron chi connectivity index (χ0n) is 16.6. The summed E-state index contributed by atoms with van der Waals surface area (Å²) in [5.41, 5.74) is -1.95. The Labute approximate surface area is 160 Å². The normalized spacial score (nSPS) is 46.7. The van der Waals surface area contributed by atoms with Gasteiger partial charge in [-0.1, -0.05) is 38.8 Å². The van der Waals surface area contributed by atoms with Gasteiger partial charge in [0.25, 0.3) is 0 Å². The van der Waals surface area contributed by atoms with Crippen LogP contribution < -0.4 is 0 Å². The Morgan fingerprint density at radius 3 is 2.63 bits per heavy atom. The predicted octanol–water partition coefficient (Wildman–Crippen LogP) is 3.80. The summed E-state index contributed by atoms with van der Waals surface area (Å²) in [6.45, 7) is 7.75. The van der Waals surface area contributed by atoms with Gasteiger partial charge in [-0.3, -0.25) is 9.59 Å². The Balaban J connectivity index is 1.98. The summed E-state index contributed by atoms with van der Waals surface area (Å²) in [6.07, 6.45) is 5.42. The van der Waals surface area contributed by atoms with Crippen molar-refractivity contribution in [2.45, 2.75) is 53.4 Å². The Bertz CT molecular complexity index is 780. The van der Waals surface area contributed by atoms with Crippen molar-refractivity contribution < 1.29 is 19.4 Å². The van der Waals surface area contributed by atoms with Crippen LogP contribution in [-0.2, 0) is 14.3 Å². The van der Waals surface area contributed by atoms with Crippen LogP contribution in [0, 0.1) is 57.2 Å². The summed E-state index contributed by atoms with van der Waals surface area (Å²) in [6, 6.07) is 2.59. The highest BCUT2D eigenvalue weighted by Crippen LogP contribution is 2.83. The van der Waals surface area contributed by atoms with Gasteiger partial charge in [-0.25, -0.2) is 0 Å². The lowest BCUT2D eigenvalue weighted by Crippen LogP contribution is -2.62. The minimum atomic E-state index is -1.24. The summed E-state index contributed by atoms with van der Waals surface area (Å²) in [5.74, 6) is -0.315. The number of carboxylic acids is 1. The molecule has 4 rings (SSSR count). The molecule has 3 saturated carbocycles. The molecule has 4 aliphatic carbocycles. The number of aliphatic carboxylic acids is 1. The van der Waals surface area contributed by atoms with Crippen LogP contribution >= 0.6 is 0 Å². The Morgan fingerprint density at radius 1 is 1.37 bits per heavy atom. The second-order valence-electron chi connectivity index (χ2n) is 9.69. The lowest BCUT2D eigenvalue weighted by atomic mass is 9.43. The van der Waals surface area contributed by atoms with Crippen molar-refractivity contribution in [1.82, 2.24) is 0 Å². The Kier molecular flexibility index (Phi) is 3.84. The van der Waals surface area contributed by atoms with E-state index in [9.17, 15) is 20.0 Å². The van der Waals surface area contributed by atoms with Crippen molar-refractivity contribution in [2.75, 3.05) is 6.61 Å². The standard InChI is InChI=1S/C22H29NO4/c1-12(2)18-7-15-8-20(10-23)17-6-5-13(3)16(17)9-21(15,11-27-14(4)24)22(18,20)19(25)26/h7,12-13,15-17H,5-6,8-9,11H2,1-4H3,(H,25,26)/t13-,15+,16-,17-,20+,21+,22+/m1/s1. The lowest BCUT2D eigenvalue weighted by Gasteiger charge is -2.57. The summed E-state index contributed by atoms with van der Waals surface area (Å²) in [4.78, 5) is 24.7. The maximum atomic E-state index is 13.1. The minimum Gasteiger partial charge on any atom is -0.481 e. The second kappa shape index (κ2) is 5.59. The first-order valence-corrected chi connectivity index (χ1v) is 10.2. The van der Waals surface area contributed by atoms with E-state index in [1.807, 2.05) is 13.8 Å². The van der Waals surface area contributed by atoms with Gasteiger partial charge in [0.05, 0.1) is 18.1 Å². The van der Waals surface area contributed by atoms with Crippen molar-refractivity contribution in [2.24, 2.45) is 45.8 Å². The molecule has 0 spiro atoms. The highest BCUT2D eigenvalue weighted by molar-refractivity contribution is 5.85. The van der Waals surface area contributed by atoms with Gasteiger partial charge < -0.3 is 9.84 Å². The Hall–Kier alpha value is -1.83. The van der Waals surface area contributed by atoms with Crippen LogP contribution in [0.15, 0.2) is 11.6 Å². The first-order chi connectivity index (χ1) is 12.7. The largest absolute Gasteiger partial charge is 0.481 e. The van der Waals surface area contributed by atoms with Crippen LogP contribution in [0.3, 0.4) is 0 Å². The number of carboxylic acid groups (broad SMARTS) is 1. The van der Waals surface area contributed by atoms with E-state index in [0.29, 0.717) is 18.3 Å². The van der Waals surface area contributed by atoms with Crippen LogP contribution in [0.1, 0.15) is 53.4 Å². The molecule has 3 fully saturated rings. The van der Waals surface area contributed by atoms with E-state index in [1.54, 1.807) is 0 Å². The van der Waals surface area contributed by atoms with E-state index in [1.165, 1.54) is 6.92 Å². The lowest BCUT2D eigenvalue weighted by molar-refractivity contribution is -0.182. The number of carbonyl (C=O) groups excluding carboxylic acids is 1. The van der Waals surface area contributed by atoms with E-state index < -0.39 is 22.2 Å². The monoisotopic (exact) mass is 371 g/mol. The number of nitriles is 1. The number of hydrogen-bond acceptors (Lipinski definition) is 4. The molecule has 0 unspecified atom stereocenters. The van der Waals surface area contributed by atoms with Crippen molar-refractivity contribution in [3.8, 4) is 6.07 Å². The van der Waals surface area contributed by atoms with Gasteiger partial charge in [0.15, 0.2) is 0 Å². The molecule has 146 valence electrons. The third kappa shape index (κ3) is 1.85. The molecule has 0 aromatic carbocycles. The highest BCUT2D eigenvalue weighted by Gasteiger charge is 2.85. The fraction of sp³-hybridized carbons (Fsp3) is 0.773. The summed E-state index contributed by atoms with van der Waals surface area (Å²) >= 11 is 0. The number of nitrogens with zero attached hydrogens (tertiary/aromatic N) is 1. The second-order valence-corrected chi connectivity index (χ2v) is 9.69. The van der Waals surface area contributed by atoms with Crippen LogP contribution in [0.5, 0.6) is 0 Å². The molecule has 0 aromatic heterocycles. The molecule has 0 amide bonds. The summed E-state index contributed by atoms with van der Waals surface area (Å²) in [7, 11) is 0. The van der Waals surface area contributed by atoms with E-state index >= 15 is 0 Å². The summed E-state index contributed by atoms with van der Waals surface area (Å²) in [5, 5.41) is 21.2. The SMILES string of the molecule is CC(=O)OC[C@@]12C[C@@H]3[C@H](C)CC[C@H]3[C@@]3(C#N)C[C@@H]1C=C(C(C)C)[C@@]23C(=O)O. The molecule has 4 aliphatic rings. The third-order valence-electron chi connectivity index (χ3n) is 8.57. The average molecular weight is 371 g/mol. The Morgan fingerprint density at radius 2 is 2.07 bits per heavy atom. The number of carbonyl (C=O) groups is 2. The van der Waals surface area contributed by atoms with Crippen LogP contribution in [0.2, 0.25) is 0 Å². The van der Waals surface area contributed by atoms with E-state index in [0.717, 1.165) is 24.8 Å². The molecule has 5 nitrogen and oxygen atoms in total. The van der Waals surface area contributed by atoms with Crippen LogP contribution in [-0.4, -0.2) is 23.7 Å². The van der Waals surface area contributed by atoms with Crippen molar-refractivity contribution in [3.63, 3.8) is 0 Å². The maximum absolute atomic E-state index is 13.1. The van der Waals surface area contributed by atoms with Crippen molar-refractivity contribution >= 4 is 11.9 Å². The van der Waals surface area contributed by atoms with Gasteiger partial charge in [0.1, 0.15) is 5.41 Å². The van der Waals surface area contributed by atoms with Crippen molar-refractivity contribution in [1.29, 1.82) is 5.26 Å². The quantitative estimate of drug-likeness (QED) is 0.600. The van der Waals surface area contributed by atoms with Gasteiger partial charge in [-0.15, -0.1) is 0 Å². The first kappa shape index (κ1) is 18.5. The number of hydrogen-bond donors (Lipinski definition) is 1. The van der Waals surface area contributed by atoms with Gasteiger partial charge in [-0.05, 0) is 48.9 Å². The van der Waals surface area contributed by atoms with E-state index in [4.69, 9.17) is 4.74 Å². The molecular weight excluding hydrogens is 342 g/mol. The van der Waals surface area contributed by atoms with E-state index in [-0.39, 0.29) is 30.3 Å². The highest BCUT2D eigenvalue weighted by atomic mass is 16.5. The molecule has 1 N–H and O–H groups in total. The first-order valence-electron chi connectivity index (χ1n) is 10.2. The number of fused-ring (bicyclic) bond motifs is 2. The van der Waals surface area contributed by atoms with Gasteiger partial charge in [-0.2, -0.15) is 5.26 Å². The van der Waals surface area contributed by atoms with Gasteiger partial charge in [0, 0.05) is 12.3 Å². The molecular formula is C22H29NO4. The molecule has 4 bridgehead atoms. The molecule has 0 heterocycles. The molecule has 0 saturated heterocycles. The maximum Gasteiger partial charge on any atom is 0.316 e. The minimum absolute atomic E-state index is 0.0113. The zero-order valence-corrected chi connectivity index (χ0v) is 16.6. The molecule has 7 atom stereocenters. The summed E-state index contributed by atoms with van der Waals surface area (Å²) < 4.78 is 5.51. The van der Waals surface area contributed by atoms with Crippen LogP contribution in [0.4, 0.5) is 0 Å².